The van der Waals surface area contributed by atoms with Crippen LogP contribution in [0.2, 0.25) is 0 Å². The van der Waals surface area contributed by atoms with Crippen LogP contribution in [0.25, 0.3) is 0 Å². The van der Waals surface area contributed by atoms with E-state index in [9.17, 15) is 4.21 Å². The minimum Gasteiger partial charge on any atom is -0.242 e. The lowest BCUT2D eigenvalue weighted by Crippen LogP contribution is -2.30. The molecule has 1 saturated heterocycles. The van der Waals surface area contributed by atoms with Crippen LogP contribution >= 0.6 is 0 Å². The molecule has 1 aliphatic carbocycles. The summed E-state index contributed by atoms with van der Waals surface area (Å²) in [5.74, 6) is 0.748. The average molecular weight is 255 g/mol. The van der Waals surface area contributed by atoms with E-state index in [0.29, 0.717) is 12.1 Å². The molecule has 17 heavy (non-hydrogen) atoms. The van der Waals surface area contributed by atoms with Crippen molar-refractivity contribution in [2.45, 2.75) is 69.7 Å². The van der Waals surface area contributed by atoms with E-state index in [4.69, 9.17) is 0 Å². The fourth-order valence-electron chi connectivity index (χ4n) is 2.99. The first kappa shape index (κ1) is 13.3. The number of hydrogen-bond acceptors (Lipinski definition) is 1. The first-order chi connectivity index (χ1) is 7.96. The van der Waals surface area contributed by atoms with Gasteiger partial charge in [-0.2, -0.15) is 0 Å². The Labute approximate surface area is 108 Å². The molecule has 2 aliphatic rings. The normalized spacial score (nSPS) is 36.5. The van der Waals surface area contributed by atoms with Crippen molar-refractivity contribution in [3.05, 3.63) is 12.7 Å². The molecule has 2 fully saturated rings. The van der Waals surface area contributed by atoms with Crippen LogP contribution in [0.5, 0.6) is 0 Å². The van der Waals surface area contributed by atoms with E-state index in [0.717, 1.165) is 5.92 Å². The van der Waals surface area contributed by atoms with Crippen LogP contribution in [0.3, 0.4) is 0 Å². The Kier molecular flexibility index (Phi) is 3.79. The van der Waals surface area contributed by atoms with Gasteiger partial charge in [-0.3, -0.25) is 0 Å². The van der Waals surface area contributed by atoms with Crippen LogP contribution < -0.4 is 0 Å². The third-order valence-electron chi connectivity index (χ3n) is 3.94. The van der Waals surface area contributed by atoms with Gasteiger partial charge in [0.25, 0.3) is 0 Å². The van der Waals surface area contributed by atoms with Crippen LogP contribution in [0.4, 0.5) is 0 Å². The van der Waals surface area contributed by atoms with Crippen LogP contribution in [0.1, 0.15) is 52.9 Å². The summed E-state index contributed by atoms with van der Waals surface area (Å²) >= 11 is 0. The summed E-state index contributed by atoms with van der Waals surface area (Å²) in [5.41, 5.74) is 0. The fourth-order valence-corrected chi connectivity index (χ4v) is 4.52. The molecular weight excluding hydrogens is 230 g/mol. The van der Waals surface area contributed by atoms with Crippen molar-refractivity contribution in [2.75, 3.05) is 0 Å². The van der Waals surface area contributed by atoms with Gasteiger partial charge in [-0.15, -0.1) is 6.58 Å². The van der Waals surface area contributed by atoms with Crippen LogP contribution in [-0.4, -0.2) is 25.3 Å². The van der Waals surface area contributed by atoms with Crippen LogP contribution in [0.15, 0.2) is 12.7 Å². The Morgan fingerprint density at radius 2 is 1.82 bits per heavy atom. The summed E-state index contributed by atoms with van der Waals surface area (Å²) in [6.07, 6.45) is 8.69. The number of rotatable bonds is 3. The zero-order chi connectivity index (χ0) is 12.6. The topological polar surface area (TPSA) is 20.1 Å². The summed E-state index contributed by atoms with van der Waals surface area (Å²) in [6.45, 7) is 10.1. The summed E-state index contributed by atoms with van der Waals surface area (Å²) < 4.78 is 14.5. The van der Waals surface area contributed by atoms with E-state index >= 15 is 0 Å². The van der Waals surface area contributed by atoms with E-state index in [1.165, 1.54) is 32.1 Å². The molecule has 0 aromatic carbocycles. The van der Waals surface area contributed by atoms with Crippen molar-refractivity contribution in [1.29, 1.82) is 0 Å². The molecule has 0 aromatic rings. The maximum absolute atomic E-state index is 12.4. The molecular formula is C14H25NOS. The van der Waals surface area contributed by atoms with E-state index in [-0.39, 0.29) is 4.75 Å². The van der Waals surface area contributed by atoms with Crippen molar-refractivity contribution in [3.63, 3.8) is 0 Å². The van der Waals surface area contributed by atoms with Gasteiger partial charge in [-0.05, 0) is 39.5 Å². The molecule has 3 heteroatoms. The predicted octanol–water partition coefficient (Wildman–Crippen LogP) is 3.27. The Bertz CT molecular complexity index is 315. The van der Waals surface area contributed by atoms with Gasteiger partial charge in [-0.25, -0.2) is 8.51 Å². The van der Waals surface area contributed by atoms with E-state index in [1.54, 1.807) is 0 Å². The van der Waals surface area contributed by atoms with Gasteiger partial charge in [0.1, 0.15) is 11.0 Å². The molecule has 0 aromatic heterocycles. The molecule has 1 heterocycles. The second-order valence-corrected chi connectivity index (χ2v) is 8.48. The minimum absolute atomic E-state index is 0.148. The van der Waals surface area contributed by atoms with Gasteiger partial charge in [0, 0.05) is 6.04 Å². The third-order valence-corrected chi connectivity index (χ3v) is 5.86. The highest BCUT2D eigenvalue weighted by Crippen LogP contribution is 2.44. The van der Waals surface area contributed by atoms with Crippen molar-refractivity contribution in [2.24, 2.45) is 5.92 Å². The SMILES string of the molecule is C=C[C@@H]1[C@@H](C2CCCCC2)N1[S@](=O)C(C)(C)C. The molecule has 0 bridgehead atoms. The highest BCUT2D eigenvalue weighted by Gasteiger charge is 2.55. The Morgan fingerprint density at radius 3 is 2.29 bits per heavy atom. The fraction of sp³-hybridized carbons (Fsp3) is 0.857. The first-order valence-corrected chi connectivity index (χ1v) is 7.90. The van der Waals surface area contributed by atoms with Gasteiger partial charge in [0.05, 0.1) is 10.8 Å². The molecule has 0 N–H and O–H groups in total. The van der Waals surface area contributed by atoms with Crippen molar-refractivity contribution < 1.29 is 4.21 Å². The second-order valence-electron chi connectivity index (χ2n) is 6.34. The Balaban J connectivity index is 2.04. The zero-order valence-corrected chi connectivity index (χ0v) is 12.1. The molecule has 0 spiro atoms. The summed E-state index contributed by atoms with van der Waals surface area (Å²) in [5, 5.41) is 0. The summed E-state index contributed by atoms with van der Waals surface area (Å²) in [4.78, 5) is 0. The molecule has 2 nitrogen and oxygen atoms in total. The van der Waals surface area contributed by atoms with Gasteiger partial charge in [0.2, 0.25) is 0 Å². The average Bonchev–Trinajstić information content (AvgIpc) is 3.02. The smallest absolute Gasteiger partial charge is 0.101 e. The van der Waals surface area contributed by atoms with Crippen molar-refractivity contribution >= 4 is 11.0 Å². The van der Waals surface area contributed by atoms with Gasteiger partial charge >= 0.3 is 0 Å². The van der Waals surface area contributed by atoms with E-state index in [1.807, 2.05) is 6.08 Å². The standard InChI is InChI=1S/C14H25NOS/c1-5-12-13(11-9-7-6-8-10-11)15(12)17(16)14(2,3)4/h5,11-13H,1,6-10H2,2-4H3/t12-,13-,15?,17-/m1/s1. The lowest BCUT2D eigenvalue weighted by Gasteiger charge is -2.23. The summed E-state index contributed by atoms with van der Waals surface area (Å²) in [6, 6.07) is 0.867. The monoisotopic (exact) mass is 255 g/mol. The molecule has 0 radical (unpaired) electrons. The number of hydrogen-bond donors (Lipinski definition) is 0. The van der Waals surface area contributed by atoms with Crippen LogP contribution in [0, 0.1) is 5.92 Å². The Hall–Kier alpha value is -0.150. The molecule has 98 valence electrons. The van der Waals surface area contributed by atoms with E-state index in [2.05, 4.69) is 31.7 Å². The highest BCUT2D eigenvalue weighted by atomic mass is 32.2. The quantitative estimate of drug-likeness (QED) is 0.560. The second kappa shape index (κ2) is 4.85. The van der Waals surface area contributed by atoms with Gasteiger partial charge < -0.3 is 0 Å². The largest absolute Gasteiger partial charge is 0.242 e. The molecule has 1 unspecified atom stereocenters. The lowest BCUT2D eigenvalue weighted by molar-refractivity contribution is 0.337. The Morgan fingerprint density at radius 1 is 1.24 bits per heavy atom. The number of nitrogens with zero attached hydrogens (tertiary/aromatic N) is 1. The molecule has 2 rings (SSSR count). The zero-order valence-electron chi connectivity index (χ0n) is 11.3. The minimum atomic E-state index is -0.878. The first-order valence-electron chi connectivity index (χ1n) is 6.79. The van der Waals surface area contributed by atoms with Crippen molar-refractivity contribution in [3.8, 4) is 0 Å². The highest BCUT2D eigenvalue weighted by molar-refractivity contribution is 7.84. The molecule has 1 aliphatic heterocycles. The lowest BCUT2D eigenvalue weighted by atomic mass is 9.86. The molecule has 4 atom stereocenters. The van der Waals surface area contributed by atoms with Gasteiger partial charge in [0.15, 0.2) is 0 Å². The van der Waals surface area contributed by atoms with E-state index < -0.39 is 11.0 Å². The molecule has 0 amide bonds. The third kappa shape index (κ3) is 2.65. The van der Waals surface area contributed by atoms with Gasteiger partial charge in [-0.1, -0.05) is 25.3 Å². The predicted molar refractivity (Wildman–Crippen MR) is 74.1 cm³/mol. The molecule has 1 saturated carbocycles. The summed E-state index contributed by atoms with van der Waals surface area (Å²) in [7, 11) is -0.878. The maximum atomic E-state index is 12.4. The van der Waals surface area contributed by atoms with Crippen LogP contribution in [-0.2, 0) is 11.0 Å². The van der Waals surface area contributed by atoms with Crippen molar-refractivity contribution in [1.82, 2.24) is 4.31 Å². The maximum Gasteiger partial charge on any atom is 0.101 e.